The Morgan fingerprint density at radius 2 is 2.20 bits per heavy atom. The molecule has 1 unspecified atom stereocenters. The molecule has 1 aliphatic heterocycles. The number of rotatable bonds is 8. The molecule has 1 saturated heterocycles. The van der Waals surface area contributed by atoms with E-state index in [1.165, 1.54) is 29.5 Å². The molecule has 2 aliphatic rings. The largest absolute Gasteiger partial charge is 0.309 e. The van der Waals surface area contributed by atoms with Gasteiger partial charge >= 0.3 is 0 Å². The van der Waals surface area contributed by atoms with Crippen molar-refractivity contribution < 1.29 is 9.59 Å². The normalized spacial score (nSPS) is 21.9. The number of thiocarbonyl (C=S) groups is 1. The van der Waals surface area contributed by atoms with E-state index in [4.69, 9.17) is 12.2 Å². The summed E-state index contributed by atoms with van der Waals surface area (Å²) < 4.78 is 0. The van der Waals surface area contributed by atoms with Crippen LogP contribution in [-0.4, -0.2) is 66.7 Å². The van der Waals surface area contributed by atoms with E-state index >= 15 is 0 Å². The third-order valence-electron chi connectivity index (χ3n) is 4.48. The van der Waals surface area contributed by atoms with E-state index in [9.17, 15) is 9.59 Å². The minimum atomic E-state index is -0.869. The predicted molar refractivity (Wildman–Crippen MR) is 104 cm³/mol. The van der Waals surface area contributed by atoms with Gasteiger partial charge in [-0.2, -0.15) is 0 Å². The second-order valence-electron chi connectivity index (χ2n) is 6.83. The molecule has 0 radical (unpaired) electrons. The molecule has 1 heterocycles. The molecule has 2 amide bonds. The summed E-state index contributed by atoms with van der Waals surface area (Å²) in [5.41, 5.74) is 1.38. The Balaban J connectivity index is 1.90. The lowest BCUT2D eigenvalue weighted by Gasteiger charge is -2.31. The Labute approximate surface area is 155 Å². The first-order valence-corrected chi connectivity index (χ1v) is 9.38. The van der Waals surface area contributed by atoms with Gasteiger partial charge in [-0.25, -0.2) is 0 Å². The van der Waals surface area contributed by atoms with Gasteiger partial charge in [0.1, 0.15) is 0 Å². The maximum Gasteiger partial charge on any atom is 0.246 e. The lowest BCUT2D eigenvalue weighted by Crippen LogP contribution is -2.58. The highest BCUT2D eigenvalue weighted by Gasteiger charge is 2.37. The lowest BCUT2D eigenvalue weighted by atomic mass is 9.97. The summed E-state index contributed by atoms with van der Waals surface area (Å²) in [6.45, 7) is 2.05. The van der Waals surface area contributed by atoms with Crippen molar-refractivity contribution in [3.63, 3.8) is 0 Å². The highest BCUT2D eigenvalue weighted by Crippen LogP contribution is 2.21. The quantitative estimate of drug-likeness (QED) is 0.234. The fraction of sp³-hybridized carbons (Fsp3) is 0.667. The number of amides is 2. The Kier molecular flexibility index (Phi) is 7.71. The number of carbonyl (C=O) groups excluding carboxylic acids is 2. The van der Waals surface area contributed by atoms with Gasteiger partial charge in [0.05, 0.1) is 0 Å². The summed E-state index contributed by atoms with van der Waals surface area (Å²) in [4.78, 5) is 32.6. The molecule has 25 heavy (non-hydrogen) atoms. The van der Waals surface area contributed by atoms with Crippen molar-refractivity contribution in [1.82, 2.24) is 15.1 Å². The zero-order chi connectivity index (χ0) is 18.2. The van der Waals surface area contributed by atoms with E-state index < -0.39 is 5.92 Å². The van der Waals surface area contributed by atoms with Gasteiger partial charge in [-0.05, 0) is 71.4 Å². The number of hydrogen-bond acceptors (Lipinski definition) is 5. The van der Waals surface area contributed by atoms with Gasteiger partial charge < -0.3 is 10.2 Å². The number of aliphatic imine (C=N–C) groups is 1. The van der Waals surface area contributed by atoms with E-state index in [2.05, 4.69) is 21.3 Å². The van der Waals surface area contributed by atoms with Crippen LogP contribution in [0.1, 0.15) is 38.5 Å². The maximum absolute atomic E-state index is 12.6. The first kappa shape index (κ1) is 19.7. The fourth-order valence-corrected chi connectivity index (χ4v) is 3.30. The van der Waals surface area contributed by atoms with Crippen LogP contribution >= 0.6 is 12.2 Å². The molecule has 0 aromatic heterocycles. The third kappa shape index (κ3) is 6.01. The lowest BCUT2D eigenvalue weighted by molar-refractivity contribution is -0.137. The SMILES string of the molecule is CN(C)CCCN=CC1C(=O)NC(=S)N(CCC2=CCCCC2)C1=O. The second kappa shape index (κ2) is 9.77. The van der Waals surface area contributed by atoms with E-state index in [-0.39, 0.29) is 16.9 Å². The number of nitrogens with one attached hydrogen (secondary N) is 1. The van der Waals surface area contributed by atoms with Crippen molar-refractivity contribution in [2.75, 3.05) is 33.7 Å². The van der Waals surface area contributed by atoms with Gasteiger partial charge in [-0.15, -0.1) is 0 Å². The molecular weight excluding hydrogens is 336 g/mol. The van der Waals surface area contributed by atoms with Crippen molar-refractivity contribution >= 4 is 35.4 Å². The van der Waals surface area contributed by atoms with Gasteiger partial charge in [0.2, 0.25) is 11.8 Å². The molecule has 0 aromatic carbocycles. The highest BCUT2D eigenvalue weighted by atomic mass is 32.1. The van der Waals surface area contributed by atoms with E-state index in [0.717, 1.165) is 32.2 Å². The highest BCUT2D eigenvalue weighted by molar-refractivity contribution is 7.80. The van der Waals surface area contributed by atoms with Crippen LogP contribution in [0.2, 0.25) is 0 Å². The van der Waals surface area contributed by atoms with Gasteiger partial charge in [-0.3, -0.25) is 19.5 Å². The molecule has 1 atom stereocenters. The van der Waals surface area contributed by atoms with Gasteiger partial charge in [0.15, 0.2) is 11.0 Å². The molecule has 0 saturated carbocycles. The Bertz CT molecular complexity index is 571. The summed E-state index contributed by atoms with van der Waals surface area (Å²) in [6, 6.07) is 0. The van der Waals surface area contributed by atoms with Crippen LogP contribution in [0.5, 0.6) is 0 Å². The molecule has 7 heteroatoms. The Hall–Kier alpha value is -1.60. The summed E-state index contributed by atoms with van der Waals surface area (Å²) in [6.07, 6.45) is 10.1. The molecule has 6 nitrogen and oxygen atoms in total. The van der Waals surface area contributed by atoms with Crippen LogP contribution in [0, 0.1) is 5.92 Å². The monoisotopic (exact) mass is 364 g/mol. The van der Waals surface area contributed by atoms with Crippen LogP contribution in [0.3, 0.4) is 0 Å². The van der Waals surface area contributed by atoms with Gasteiger partial charge in [0.25, 0.3) is 0 Å². The molecular formula is C18H28N4O2S. The summed E-state index contributed by atoms with van der Waals surface area (Å²) in [7, 11) is 4.00. The van der Waals surface area contributed by atoms with Crippen molar-refractivity contribution in [1.29, 1.82) is 0 Å². The first-order chi connectivity index (χ1) is 12.0. The fourth-order valence-electron chi connectivity index (χ4n) is 3.02. The number of allylic oxidation sites excluding steroid dienone is 1. The third-order valence-corrected chi connectivity index (χ3v) is 4.80. The van der Waals surface area contributed by atoms with Crippen LogP contribution in [0.25, 0.3) is 0 Å². The van der Waals surface area contributed by atoms with Crippen LogP contribution in [-0.2, 0) is 9.59 Å². The summed E-state index contributed by atoms with van der Waals surface area (Å²) in [5, 5.41) is 2.85. The minimum absolute atomic E-state index is 0.212. The van der Waals surface area contributed by atoms with Crippen LogP contribution in [0.15, 0.2) is 16.6 Å². The zero-order valence-electron chi connectivity index (χ0n) is 15.2. The van der Waals surface area contributed by atoms with Gasteiger partial charge in [0, 0.05) is 19.3 Å². The van der Waals surface area contributed by atoms with Crippen molar-refractivity contribution in [2.45, 2.75) is 38.5 Å². The average molecular weight is 365 g/mol. The Morgan fingerprint density at radius 1 is 1.40 bits per heavy atom. The molecule has 1 N–H and O–H groups in total. The molecule has 0 spiro atoms. The molecule has 0 aromatic rings. The molecule has 1 fully saturated rings. The number of nitrogens with zero attached hydrogens (tertiary/aromatic N) is 3. The number of hydrogen-bond donors (Lipinski definition) is 1. The maximum atomic E-state index is 12.6. The van der Waals surface area contributed by atoms with Crippen LogP contribution in [0.4, 0.5) is 0 Å². The second-order valence-corrected chi connectivity index (χ2v) is 7.22. The molecule has 1 aliphatic carbocycles. The van der Waals surface area contributed by atoms with E-state index in [0.29, 0.717) is 13.1 Å². The van der Waals surface area contributed by atoms with Crippen LogP contribution < -0.4 is 5.32 Å². The minimum Gasteiger partial charge on any atom is -0.309 e. The smallest absolute Gasteiger partial charge is 0.246 e. The molecule has 2 rings (SSSR count). The first-order valence-electron chi connectivity index (χ1n) is 8.98. The van der Waals surface area contributed by atoms with Crippen molar-refractivity contribution in [2.24, 2.45) is 10.9 Å². The molecule has 0 bridgehead atoms. The average Bonchev–Trinajstić information content (AvgIpc) is 2.57. The zero-order valence-corrected chi connectivity index (χ0v) is 16.0. The predicted octanol–water partition coefficient (Wildman–Crippen LogP) is 1.76. The number of carbonyl (C=O) groups is 2. The van der Waals surface area contributed by atoms with Crippen molar-refractivity contribution in [3.05, 3.63) is 11.6 Å². The van der Waals surface area contributed by atoms with E-state index in [1.807, 2.05) is 14.1 Å². The molecule has 138 valence electrons. The van der Waals surface area contributed by atoms with Crippen molar-refractivity contribution in [3.8, 4) is 0 Å². The summed E-state index contributed by atoms with van der Waals surface area (Å²) >= 11 is 5.19. The topological polar surface area (TPSA) is 65.0 Å². The van der Waals surface area contributed by atoms with Gasteiger partial charge in [-0.1, -0.05) is 11.6 Å². The summed E-state index contributed by atoms with van der Waals surface area (Å²) in [5.74, 6) is -1.51. The van der Waals surface area contributed by atoms with E-state index in [1.54, 1.807) is 0 Å². The standard InChI is InChI=1S/C18H28N4O2S/c1-21(2)11-6-10-19-13-15-16(23)20-18(25)22(17(15)24)12-9-14-7-4-3-5-8-14/h7,13,15H,3-6,8-12H2,1-2H3,(H,20,23,25). The Morgan fingerprint density at radius 3 is 2.88 bits per heavy atom.